The molecular weight excluding hydrogens is 400 g/mol. The average Bonchev–Trinajstić information content (AvgIpc) is 2.57. The molecule has 0 unspecified atom stereocenters. The molecule has 32 heavy (non-hydrogen) atoms. The van der Waals surface area contributed by atoms with E-state index in [1.54, 1.807) is 6.07 Å². The topological polar surface area (TPSA) is 82.3 Å². The van der Waals surface area contributed by atoms with Gasteiger partial charge in [0.05, 0.1) is 0 Å². The fourth-order valence-corrected chi connectivity index (χ4v) is 6.29. The molecule has 2 aliphatic rings. The van der Waals surface area contributed by atoms with Gasteiger partial charge in [-0.05, 0) is 79.4 Å². The van der Waals surface area contributed by atoms with Crippen LogP contribution in [0.5, 0.6) is 0 Å². The smallest absolute Gasteiger partial charge is 0.319 e. The zero-order valence-corrected chi connectivity index (χ0v) is 20.7. The minimum Gasteiger partial charge on any atom is -0.335 e. The van der Waals surface area contributed by atoms with E-state index >= 15 is 0 Å². The standard InChI is InChI=1S/C26H42N4O2/c1-17-10-21(15-25(3,4)13-17)29-23(31)27-19-8-7-9-20(12-19)28-24(32)30-22-11-18(2)14-26(5,6)16-22/h7-9,12,17-18,21-22H,10-11,13-16H2,1-6H3,(H2,27,29,31)(H2,28,30,32)/t17-,18-,21+,22+/m1/s1. The maximum absolute atomic E-state index is 12.6. The quantitative estimate of drug-likeness (QED) is 0.437. The first-order valence-electron chi connectivity index (χ1n) is 12.1. The number of hydrogen-bond acceptors (Lipinski definition) is 2. The van der Waals surface area contributed by atoms with Gasteiger partial charge in [-0.2, -0.15) is 0 Å². The number of carbonyl (C=O) groups is 2. The summed E-state index contributed by atoms with van der Waals surface area (Å²) in [5.41, 5.74) is 1.82. The number of anilines is 2. The number of urea groups is 2. The minimum absolute atomic E-state index is 0.183. The lowest BCUT2D eigenvalue weighted by atomic mass is 9.70. The molecule has 4 amide bonds. The van der Waals surface area contributed by atoms with E-state index in [1.807, 2.05) is 18.2 Å². The third-order valence-electron chi connectivity index (χ3n) is 6.82. The Bertz CT molecular complexity index is 757. The zero-order chi connectivity index (χ0) is 23.5. The monoisotopic (exact) mass is 442 g/mol. The number of amides is 4. The summed E-state index contributed by atoms with van der Waals surface area (Å²) in [7, 11) is 0. The molecule has 3 rings (SSSR count). The Morgan fingerprint density at radius 3 is 1.53 bits per heavy atom. The van der Waals surface area contributed by atoms with Crippen molar-refractivity contribution in [3.63, 3.8) is 0 Å². The summed E-state index contributed by atoms with van der Waals surface area (Å²) in [5.74, 6) is 1.21. The van der Waals surface area contributed by atoms with E-state index in [0.29, 0.717) is 23.2 Å². The normalized spacial score (nSPS) is 28.9. The van der Waals surface area contributed by atoms with Crippen molar-refractivity contribution in [2.45, 2.75) is 92.2 Å². The highest BCUT2D eigenvalue weighted by Gasteiger charge is 2.33. The molecule has 2 aliphatic carbocycles. The molecule has 178 valence electrons. The van der Waals surface area contributed by atoms with Crippen molar-refractivity contribution in [1.82, 2.24) is 10.6 Å². The highest BCUT2D eigenvalue weighted by Crippen LogP contribution is 2.39. The lowest BCUT2D eigenvalue weighted by Gasteiger charge is -2.39. The van der Waals surface area contributed by atoms with E-state index in [4.69, 9.17) is 0 Å². The Balaban J connectivity index is 1.51. The predicted octanol–water partition coefficient (Wildman–Crippen LogP) is 6.36. The Hall–Kier alpha value is -2.24. The van der Waals surface area contributed by atoms with Gasteiger partial charge in [0.15, 0.2) is 0 Å². The maximum atomic E-state index is 12.6. The predicted molar refractivity (Wildman–Crippen MR) is 132 cm³/mol. The van der Waals surface area contributed by atoms with Gasteiger partial charge in [-0.1, -0.05) is 47.6 Å². The van der Waals surface area contributed by atoms with Crippen molar-refractivity contribution >= 4 is 23.4 Å². The first-order chi connectivity index (χ1) is 14.9. The molecule has 0 bridgehead atoms. The van der Waals surface area contributed by atoms with Crippen LogP contribution in [-0.2, 0) is 0 Å². The Kier molecular flexibility index (Phi) is 7.41. The van der Waals surface area contributed by atoms with Gasteiger partial charge >= 0.3 is 12.1 Å². The molecule has 0 spiro atoms. The molecule has 4 N–H and O–H groups in total. The van der Waals surface area contributed by atoms with Crippen molar-refractivity contribution in [3.8, 4) is 0 Å². The van der Waals surface area contributed by atoms with Crippen molar-refractivity contribution in [2.24, 2.45) is 22.7 Å². The van der Waals surface area contributed by atoms with Gasteiger partial charge in [-0.3, -0.25) is 0 Å². The summed E-state index contributed by atoms with van der Waals surface area (Å²) < 4.78 is 0. The maximum Gasteiger partial charge on any atom is 0.319 e. The van der Waals surface area contributed by atoms with Gasteiger partial charge in [0, 0.05) is 23.5 Å². The van der Waals surface area contributed by atoms with Crippen LogP contribution in [0.2, 0.25) is 0 Å². The third-order valence-corrected chi connectivity index (χ3v) is 6.82. The van der Waals surface area contributed by atoms with Crippen LogP contribution in [-0.4, -0.2) is 24.1 Å². The highest BCUT2D eigenvalue weighted by molar-refractivity contribution is 5.93. The molecular formula is C26H42N4O2. The van der Waals surface area contributed by atoms with Gasteiger partial charge in [0.1, 0.15) is 0 Å². The van der Waals surface area contributed by atoms with Crippen molar-refractivity contribution in [1.29, 1.82) is 0 Å². The second-order valence-corrected chi connectivity index (χ2v) is 12.0. The molecule has 1 aromatic carbocycles. The Labute approximate surface area is 193 Å². The molecule has 2 fully saturated rings. The molecule has 0 radical (unpaired) electrons. The van der Waals surface area contributed by atoms with Crippen LogP contribution in [0.15, 0.2) is 24.3 Å². The molecule has 0 aliphatic heterocycles. The fourth-order valence-electron chi connectivity index (χ4n) is 6.29. The summed E-state index contributed by atoms with van der Waals surface area (Å²) in [6, 6.07) is 7.27. The summed E-state index contributed by atoms with van der Waals surface area (Å²) in [6.45, 7) is 13.6. The van der Waals surface area contributed by atoms with Crippen LogP contribution in [0.1, 0.15) is 80.1 Å². The molecule has 6 nitrogen and oxygen atoms in total. The lowest BCUT2D eigenvalue weighted by Crippen LogP contribution is -2.44. The van der Waals surface area contributed by atoms with Crippen LogP contribution in [0.25, 0.3) is 0 Å². The molecule has 0 heterocycles. The van der Waals surface area contributed by atoms with Crippen molar-refractivity contribution < 1.29 is 9.59 Å². The van der Waals surface area contributed by atoms with Crippen molar-refractivity contribution in [2.75, 3.05) is 10.6 Å². The largest absolute Gasteiger partial charge is 0.335 e. The number of hydrogen-bond donors (Lipinski definition) is 4. The minimum atomic E-state index is -0.195. The number of benzene rings is 1. The first-order valence-corrected chi connectivity index (χ1v) is 12.1. The number of rotatable bonds is 4. The second-order valence-electron chi connectivity index (χ2n) is 12.0. The van der Waals surface area contributed by atoms with Gasteiger partial charge < -0.3 is 21.3 Å². The van der Waals surface area contributed by atoms with Crippen LogP contribution in [0.4, 0.5) is 21.0 Å². The van der Waals surface area contributed by atoms with Gasteiger partial charge in [0.2, 0.25) is 0 Å². The third kappa shape index (κ3) is 7.42. The molecule has 1 aromatic rings. The Morgan fingerprint density at radius 2 is 1.16 bits per heavy atom. The first kappa shape index (κ1) is 24.4. The van der Waals surface area contributed by atoms with E-state index in [1.165, 1.54) is 12.8 Å². The second kappa shape index (κ2) is 9.72. The van der Waals surface area contributed by atoms with E-state index < -0.39 is 0 Å². The summed E-state index contributed by atoms with van der Waals surface area (Å²) in [5, 5.41) is 12.1. The molecule has 0 aromatic heterocycles. The molecule has 0 saturated heterocycles. The van der Waals surface area contributed by atoms with Gasteiger partial charge in [-0.15, -0.1) is 0 Å². The summed E-state index contributed by atoms with van der Waals surface area (Å²) in [4.78, 5) is 25.1. The molecule has 2 saturated carbocycles. The van der Waals surface area contributed by atoms with Crippen LogP contribution < -0.4 is 21.3 Å². The highest BCUT2D eigenvalue weighted by atomic mass is 16.2. The SMILES string of the molecule is C[C@@H]1C[C@H](NC(=O)Nc2cccc(NC(=O)N[C@H]3C[C@@H](C)CC(C)(C)C3)c2)CC(C)(C)C1. The van der Waals surface area contributed by atoms with E-state index in [2.05, 4.69) is 62.8 Å². The van der Waals surface area contributed by atoms with E-state index in [-0.39, 0.29) is 35.0 Å². The van der Waals surface area contributed by atoms with Crippen LogP contribution in [0.3, 0.4) is 0 Å². The molecule has 4 atom stereocenters. The fraction of sp³-hybridized carbons (Fsp3) is 0.692. The molecule has 6 heteroatoms. The Morgan fingerprint density at radius 1 is 0.750 bits per heavy atom. The van der Waals surface area contributed by atoms with Gasteiger partial charge in [-0.25, -0.2) is 9.59 Å². The number of carbonyl (C=O) groups excluding carboxylic acids is 2. The summed E-state index contributed by atoms with van der Waals surface area (Å²) >= 11 is 0. The summed E-state index contributed by atoms with van der Waals surface area (Å²) in [6.07, 6.45) is 6.39. The van der Waals surface area contributed by atoms with Crippen molar-refractivity contribution in [3.05, 3.63) is 24.3 Å². The van der Waals surface area contributed by atoms with E-state index in [0.717, 1.165) is 25.7 Å². The lowest BCUT2D eigenvalue weighted by molar-refractivity contribution is 0.154. The van der Waals surface area contributed by atoms with E-state index in [9.17, 15) is 9.59 Å². The van der Waals surface area contributed by atoms with Crippen LogP contribution >= 0.6 is 0 Å². The van der Waals surface area contributed by atoms with Crippen LogP contribution in [0, 0.1) is 22.7 Å². The van der Waals surface area contributed by atoms with Gasteiger partial charge in [0.25, 0.3) is 0 Å². The number of nitrogens with one attached hydrogen (secondary N) is 4. The average molecular weight is 443 g/mol. The zero-order valence-electron chi connectivity index (χ0n) is 20.7.